The number of hydrogen-bond donors (Lipinski definition) is 3. The van der Waals surface area contributed by atoms with E-state index in [4.69, 9.17) is 16.2 Å². The molecular weight excluding hydrogens is 226 g/mol. The Labute approximate surface area is 95.6 Å². The van der Waals surface area contributed by atoms with Gasteiger partial charge in [0.15, 0.2) is 10.1 Å². The van der Waals surface area contributed by atoms with Crippen LogP contribution in [0.1, 0.15) is 0 Å². The minimum atomic E-state index is -0.302. The third kappa shape index (κ3) is 1.97. The third-order valence-corrected chi connectivity index (χ3v) is 2.18. The van der Waals surface area contributed by atoms with Gasteiger partial charge in [0.2, 0.25) is 0 Å². The fourth-order valence-electron chi connectivity index (χ4n) is 1.41. The van der Waals surface area contributed by atoms with E-state index in [1.165, 1.54) is 12.1 Å². The molecule has 0 saturated carbocycles. The van der Waals surface area contributed by atoms with Gasteiger partial charge in [-0.1, -0.05) is 0 Å². The van der Waals surface area contributed by atoms with Crippen molar-refractivity contribution in [1.82, 2.24) is 9.83 Å². The largest absolute Gasteiger partial charge is 0.492 e. The monoisotopic (exact) mass is 238 g/mol. The highest BCUT2D eigenvalue weighted by atomic mass is 16.5. The molecule has 0 unspecified atom stereocenters. The number of nitrogens with zero attached hydrogens (tertiary/aromatic N) is 3. The van der Waals surface area contributed by atoms with Gasteiger partial charge in [-0.25, -0.2) is 0 Å². The Bertz CT molecular complexity index is 609. The molecule has 0 spiro atoms. The highest BCUT2D eigenvalue weighted by Gasteiger charge is 2.16. The average molecular weight is 238 g/mol. The molecule has 2 aromatic rings. The van der Waals surface area contributed by atoms with Crippen LogP contribution >= 0.6 is 0 Å². The van der Waals surface area contributed by atoms with Gasteiger partial charge in [0.05, 0.1) is 10.0 Å². The van der Waals surface area contributed by atoms with E-state index in [0.717, 1.165) is 0 Å². The van der Waals surface area contributed by atoms with Crippen LogP contribution in [0.3, 0.4) is 0 Å². The summed E-state index contributed by atoms with van der Waals surface area (Å²) in [4.78, 5) is 11.4. The fourth-order valence-corrected chi connectivity index (χ4v) is 1.41. The van der Waals surface area contributed by atoms with Crippen molar-refractivity contribution in [1.29, 1.82) is 0 Å². The molecule has 0 radical (unpaired) electrons. The Hall–Kier alpha value is -2.35. The van der Waals surface area contributed by atoms with Crippen LogP contribution in [0.15, 0.2) is 18.2 Å². The maximum Gasteiger partial charge on any atom is 0.322 e. The van der Waals surface area contributed by atoms with Gasteiger partial charge >= 0.3 is 11.5 Å². The first kappa shape index (κ1) is 11.1. The number of benzene rings is 1. The first-order valence-electron chi connectivity index (χ1n) is 4.90. The SMILES string of the molecule is NCCOc1ccc2c(c1)n(O)c(N)n[n+]2=O. The molecule has 17 heavy (non-hydrogen) atoms. The molecular formula is C9H12N5O3+. The van der Waals surface area contributed by atoms with Gasteiger partial charge in [-0.15, -0.1) is 4.73 Å². The number of nitrogens with two attached hydrogens (primary N) is 2. The molecule has 90 valence electrons. The quantitative estimate of drug-likeness (QED) is 0.471. The Morgan fingerprint density at radius 2 is 2.29 bits per heavy atom. The molecule has 0 bridgehead atoms. The lowest BCUT2D eigenvalue weighted by Crippen LogP contribution is -2.26. The molecule has 1 aromatic carbocycles. The van der Waals surface area contributed by atoms with E-state index in [9.17, 15) is 10.1 Å². The first-order valence-corrected chi connectivity index (χ1v) is 4.90. The summed E-state index contributed by atoms with van der Waals surface area (Å²) in [6.45, 7) is 0.714. The second-order valence-electron chi connectivity index (χ2n) is 3.33. The van der Waals surface area contributed by atoms with E-state index in [2.05, 4.69) is 5.10 Å². The van der Waals surface area contributed by atoms with Crippen LogP contribution in [0, 0.1) is 4.91 Å². The molecule has 0 atom stereocenters. The topological polar surface area (TPSA) is 122 Å². The predicted octanol–water partition coefficient (Wildman–Crippen LogP) is -0.892. The number of anilines is 1. The molecule has 5 N–H and O–H groups in total. The summed E-state index contributed by atoms with van der Waals surface area (Å²) >= 11 is 0. The van der Waals surface area contributed by atoms with E-state index in [0.29, 0.717) is 28.2 Å². The average Bonchev–Trinajstić information content (AvgIpc) is 2.33. The van der Waals surface area contributed by atoms with Gasteiger partial charge in [0.25, 0.3) is 0 Å². The second kappa shape index (κ2) is 4.26. The maximum atomic E-state index is 11.4. The lowest BCUT2D eigenvalue weighted by molar-refractivity contribution is -0.535. The number of hydrogen-bond acceptors (Lipinski definition) is 6. The summed E-state index contributed by atoms with van der Waals surface area (Å²) in [5.74, 6) is 0.180. The zero-order valence-corrected chi connectivity index (χ0v) is 8.91. The van der Waals surface area contributed by atoms with Crippen molar-refractivity contribution in [3.05, 3.63) is 23.1 Å². The van der Waals surface area contributed by atoms with Crippen LogP contribution in [-0.4, -0.2) is 28.2 Å². The zero-order valence-electron chi connectivity index (χ0n) is 8.91. The van der Waals surface area contributed by atoms with Gasteiger partial charge in [-0.2, -0.15) is 0 Å². The molecule has 0 aliphatic heterocycles. The summed E-state index contributed by atoms with van der Waals surface area (Å²) < 4.78 is 6.24. The van der Waals surface area contributed by atoms with Crippen LogP contribution in [0.4, 0.5) is 5.95 Å². The standard InChI is InChI=1S/C9H12N5O3/c10-3-4-17-6-1-2-7-8(5-6)13(15)9(11)12-14(7)16/h1-2,5,15H,3-4,10H2,(H2,11,12,16)/q+1. The van der Waals surface area contributed by atoms with E-state index in [1.807, 2.05) is 0 Å². The number of ether oxygens (including phenoxy) is 1. The van der Waals surface area contributed by atoms with Crippen LogP contribution in [0.2, 0.25) is 0 Å². The Morgan fingerprint density at radius 1 is 1.53 bits per heavy atom. The Balaban J connectivity index is 2.59. The summed E-state index contributed by atoms with van der Waals surface area (Å²) in [6.07, 6.45) is 0. The minimum absolute atomic E-state index is 0.182. The summed E-state index contributed by atoms with van der Waals surface area (Å²) in [7, 11) is 0. The molecule has 8 nitrogen and oxygen atoms in total. The lowest BCUT2D eigenvalue weighted by atomic mass is 10.3. The van der Waals surface area contributed by atoms with E-state index >= 15 is 0 Å². The van der Waals surface area contributed by atoms with Crippen LogP contribution in [-0.2, 0) is 0 Å². The van der Waals surface area contributed by atoms with Gasteiger partial charge in [0, 0.05) is 18.7 Å². The number of aromatic nitrogens is 3. The first-order chi connectivity index (χ1) is 8.13. The third-order valence-electron chi connectivity index (χ3n) is 2.18. The maximum absolute atomic E-state index is 11.4. The van der Waals surface area contributed by atoms with E-state index in [-0.39, 0.29) is 17.0 Å². The normalized spacial score (nSPS) is 10.6. The summed E-state index contributed by atoms with van der Waals surface area (Å²) in [5.41, 5.74) is 11.1. The van der Waals surface area contributed by atoms with Crippen molar-refractivity contribution in [3.63, 3.8) is 0 Å². The Kier molecular flexibility index (Phi) is 2.79. The van der Waals surface area contributed by atoms with Crippen molar-refractivity contribution >= 4 is 17.0 Å². The van der Waals surface area contributed by atoms with Gasteiger partial charge in [0.1, 0.15) is 12.4 Å². The number of nitrogen functional groups attached to an aromatic ring is 1. The lowest BCUT2D eigenvalue weighted by Gasteiger charge is -2.05. The highest BCUT2D eigenvalue weighted by Crippen LogP contribution is 2.18. The molecule has 1 heterocycles. The molecule has 0 aliphatic rings. The van der Waals surface area contributed by atoms with Gasteiger partial charge < -0.3 is 21.4 Å². The van der Waals surface area contributed by atoms with Gasteiger partial charge in [-0.05, 0) is 6.07 Å². The van der Waals surface area contributed by atoms with E-state index in [1.54, 1.807) is 6.07 Å². The number of rotatable bonds is 3. The molecule has 0 aliphatic carbocycles. The van der Waals surface area contributed by atoms with Crippen molar-refractivity contribution in [2.24, 2.45) is 5.73 Å². The fraction of sp³-hybridized carbons (Fsp3) is 0.222. The predicted molar refractivity (Wildman–Crippen MR) is 59.2 cm³/mol. The second-order valence-corrected chi connectivity index (χ2v) is 3.33. The van der Waals surface area contributed by atoms with Crippen molar-refractivity contribution < 1.29 is 14.5 Å². The smallest absolute Gasteiger partial charge is 0.322 e. The molecule has 2 rings (SSSR count). The molecule has 0 saturated heterocycles. The zero-order chi connectivity index (χ0) is 12.4. The van der Waals surface area contributed by atoms with Crippen LogP contribution < -0.4 is 20.7 Å². The van der Waals surface area contributed by atoms with Crippen LogP contribution in [0.25, 0.3) is 11.0 Å². The molecule has 0 fully saturated rings. The highest BCUT2D eigenvalue weighted by molar-refractivity contribution is 5.73. The van der Waals surface area contributed by atoms with Crippen molar-refractivity contribution in [2.75, 3.05) is 18.9 Å². The van der Waals surface area contributed by atoms with Gasteiger partial charge in [-0.3, -0.25) is 0 Å². The van der Waals surface area contributed by atoms with Crippen molar-refractivity contribution in [3.8, 4) is 5.75 Å². The molecule has 0 amide bonds. The summed E-state index contributed by atoms with van der Waals surface area (Å²) in [6, 6.07) is 4.55. The number of fused-ring (bicyclic) bond motifs is 1. The Morgan fingerprint density at radius 3 is 3.00 bits per heavy atom. The van der Waals surface area contributed by atoms with Crippen molar-refractivity contribution in [2.45, 2.75) is 0 Å². The van der Waals surface area contributed by atoms with E-state index < -0.39 is 0 Å². The van der Waals surface area contributed by atoms with Crippen LogP contribution in [0.5, 0.6) is 5.75 Å². The molecule has 1 aromatic heterocycles. The minimum Gasteiger partial charge on any atom is -0.492 e. The molecule has 8 heteroatoms. The summed E-state index contributed by atoms with van der Waals surface area (Å²) in [5, 5.41) is 13.0.